The van der Waals surface area contributed by atoms with E-state index in [0.29, 0.717) is 0 Å². The molecule has 2 amide bonds. The van der Waals surface area contributed by atoms with E-state index in [0.717, 1.165) is 0 Å². The molecule has 0 unspecified atom stereocenters. The molecule has 3 N–H and O–H groups in total. The third kappa shape index (κ3) is 3.22. The molecule has 0 aliphatic heterocycles. The van der Waals surface area contributed by atoms with Crippen molar-refractivity contribution in [3.05, 3.63) is 30.5 Å². The maximum absolute atomic E-state index is 12.1. The quantitative estimate of drug-likeness (QED) is 0.747. The van der Waals surface area contributed by atoms with E-state index in [1.54, 1.807) is 6.07 Å². The molecule has 0 bridgehead atoms. The molecule has 106 valence electrons. The highest BCUT2D eigenvalue weighted by Crippen LogP contribution is 2.07. The summed E-state index contributed by atoms with van der Waals surface area (Å²) in [6, 6.07) is 2.42. The lowest BCUT2D eigenvalue weighted by atomic mass is 10.0. The minimum atomic E-state index is -0.710. The molecule has 2 aromatic rings. The number of carbonyl (C=O) groups is 2. The molecule has 2 heterocycles. The number of anilines is 1. The highest BCUT2D eigenvalue weighted by molar-refractivity contribution is 5.99. The Bertz CT molecular complexity index is 562. The number of carbonyl (C=O) groups excluding carboxylic acids is 2. The molecular formula is C12H15N5O3. The third-order valence-electron chi connectivity index (χ3n) is 2.64. The number of furan rings is 1. The van der Waals surface area contributed by atoms with Crippen molar-refractivity contribution in [3.63, 3.8) is 0 Å². The lowest BCUT2D eigenvalue weighted by Gasteiger charge is -2.20. The second-order valence-corrected chi connectivity index (χ2v) is 4.50. The van der Waals surface area contributed by atoms with Gasteiger partial charge in [-0.25, -0.2) is 5.10 Å². The number of amides is 2. The van der Waals surface area contributed by atoms with Crippen LogP contribution in [0.1, 0.15) is 24.4 Å². The van der Waals surface area contributed by atoms with Gasteiger partial charge in [0, 0.05) is 0 Å². The van der Waals surface area contributed by atoms with E-state index in [9.17, 15) is 9.59 Å². The average Bonchev–Trinajstić information content (AvgIpc) is 3.07. The van der Waals surface area contributed by atoms with Gasteiger partial charge in [-0.15, -0.1) is 0 Å². The van der Waals surface area contributed by atoms with Crippen LogP contribution in [-0.4, -0.2) is 33.0 Å². The maximum atomic E-state index is 12.1. The fourth-order valence-electron chi connectivity index (χ4n) is 1.62. The van der Waals surface area contributed by atoms with Crippen LogP contribution in [0.2, 0.25) is 0 Å². The summed E-state index contributed by atoms with van der Waals surface area (Å²) in [5, 5.41) is 11.3. The number of aromatic nitrogens is 3. The Balaban J connectivity index is 2.03. The molecule has 0 aliphatic rings. The van der Waals surface area contributed by atoms with Crippen molar-refractivity contribution in [1.82, 2.24) is 20.5 Å². The Morgan fingerprint density at radius 2 is 2.20 bits per heavy atom. The summed E-state index contributed by atoms with van der Waals surface area (Å²) < 4.78 is 4.99. The molecule has 8 nitrogen and oxygen atoms in total. The van der Waals surface area contributed by atoms with Gasteiger partial charge in [0.25, 0.3) is 5.91 Å². The van der Waals surface area contributed by atoms with Crippen molar-refractivity contribution < 1.29 is 14.0 Å². The fourth-order valence-corrected chi connectivity index (χ4v) is 1.62. The second-order valence-electron chi connectivity index (χ2n) is 4.50. The maximum Gasteiger partial charge on any atom is 0.287 e. The van der Waals surface area contributed by atoms with Crippen LogP contribution in [-0.2, 0) is 4.79 Å². The zero-order chi connectivity index (χ0) is 14.5. The fraction of sp³-hybridized carbons (Fsp3) is 0.333. The van der Waals surface area contributed by atoms with Gasteiger partial charge in [-0.2, -0.15) is 10.1 Å². The first kappa shape index (κ1) is 13.8. The van der Waals surface area contributed by atoms with Crippen molar-refractivity contribution in [1.29, 1.82) is 0 Å². The highest BCUT2D eigenvalue weighted by atomic mass is 16.3. The molecule has 0 radical (unpaired) electrons. The molecule has 2 rings (SSSR count). The number of aromatic amines is 1. The molecule has 1 atom stereocenters. The highest BCUT2D eigenvalue weighted by Gasteiger charge is 2.26. The Morgan fingerprint density at radius 3 is 2.75 bits per heavy atom. The first-order valence-corrected chi connectivity index (χ1v) is 6.08. The molecule has 0 aromatic carbocycles. The van der Waals surface area contributed by atoms with E-state index in [2.05, 4.69) is 25.8 Å². The molecule has 0 spiro atoms. The minimum Gasteiger partial charge on any atom is -0.459 e. The predicted octanol–water partition coefficient (Wildman–Crippen LogP) is 0.791. The van der Waals surface area contributed by atoms with Crippen LogP contribution >= 0.6 is 0 Å². The summed E-state index contributed by atoms with van der Waals surface area (Å²) >= 11 is 0. The van der Waals surface area contributed by atoms with Crippen molar-refractivity contribution in [2.24, 2.45) is 5.92 Å². The molecule has 0 aliphatic carbocycles. The molecule has 8 heteroatoms. The van der Waals surface area contributed by atoms with Gasteiger partial charge >= 0.3 is 0 Å². The van der Waals surface area contributed by atoms with E-state index in [1.807, 2.05) is 13.8 Å². The number of nitrogens with zero attached hydrogens (tertiary/aromatic N) is 2. The van der Waals surface area contributed by atoms with Crippen molar-refractivity contribution in [2.75, 3.05) is 5.32 Å². The van der Waals surface area contributed by atoms with E-state index in [4.69, 9.17) is 4.42 Å². The summed E-state index contributed by atoms with van der Waals surface area (Å²) in [6.07, 6.45) is 2.68. The number of rotatable bonds is 5. The van der Waals surface area contributed by atoms with E-state index < -0.39 is 11.9 Å². The minimum absolute atomic E-state index is 0.100. The van der Waals surface area contributed by atoms with Crippen molar-refractivity contribution in [3.8, 4) is 0 Å². The van der Waals surface area contributed by atoms with Gasteiger partial charge in [0.1, 0.15) is 12.4 Å². The lowest BCUT2D eigenvalue weighted by molar-refractivity contribution is -0.118. The van der Waals surface area contributed by atoms with Crippen LogP contribution in [0.3, 0.4) is 0 Å². The van der Waals surface area contributed by atoms with Crippen molar-refractivity contribution in [2.45, 2.75) is 19.9 Å². The second kappa shape index (κ2) is 6.00. The summed E-state index contributed by atoms with van der Waals surface area (Å²) in [7, 11) is 0. The lowest BCUT2D eigenvalue weighted by Crippen LogP contribution is -2.47. The summed E-state index contributed by atoms with van der Waals surface area (Å²) in [5.74, 6) is -0.536. The summed E-state index contributed by atoms with van der Waals surface area (Å²) in [5.41, 5.74) is 0. The molecule has 0 saturated carbocycles. The Hall–Kier alpha value is -2.64. The monoisotopic (exact) mass is 277 g/mol. The first-order valence-electron chi connectivity index (χ1n) is 6.08. The van der Waals surface area contributed by atoms with Crippen LogP contribution in [0.15, 0.2) is 29.1 Å². The largest absolute Gasteiger partial charge is 0.459 e. The van der Waals surface area contributed by atoms with Gasteiger partial charge in [0.2, 0.25) is 11.9 Å². The van der Waals surface area contributed by atoms with Gasteiger partial charge in [-0.1, -0.05) is 13.8 Å². The third-order valence-corrected chi connectivity index (χ3v) is 2.64. The zero-order valence-electron chi connectivity index (χ0n) is 11.1. The number of hydrogen-bond donors (Lipinski definition) is 3. The standard InChI is InChI=1S/C12H15N5O3/c1-7(2)9(11(19)16-12-13-6-14-17-12)15-10(18)8-4-3-5-20-8/h3-7,9H,1-2H3,(H,15,18)(H2,13,14,16,17,19)/t9-/m1/s1. The SMILES string of the molecule is CC(C)[C@@H](NC(=O)c1ccco1)C(=O)Nc1ncn[nH]1. The Morgan fingerprint density at radius 1 is 1.40 bits per heavy atom. The average molecular weight is 277 g/mol. The van der Waals surface area contributed by atoms with Crippen molar-refractivity contribution >= 4 is 17.8 Å². The summed E-state index contributed by atoms with van der Waals surface area (Å²) in [4.78, 5) is 27.8. The molecular weight excluding hydrogens is 262 g/mol. The van der Waals surface area contributed by atoms with E-state index in [1.165, 1.54) is 18.7 Å². The molecule has 0 fully saturated rings. The van der Waals surface area contributed by atoms with Crippen LogP contribution in [0.25, 0.3) is 0 Å². The topological polar surface area (TPSA) is 113 Å². The normalized spacial score (nSPS) is 12.2. The smallest absolute Gasteiger partial charge is 0.287 e. The van der Waals surface area contributed by atoms with Gasteiger partial charge in [0.15, 0.2) is 5.76 Å². The van der Waals surface area contributed by atoms with Crippen LogP contribution in [0, 0.1) is 5.92 Å². The molecule has 0 saturated heterocycles. The van der Waals surface area contributed by atoms with Crippen LogP contribution in [0.4, 0.5) is 5.95 Å². The van der Waals surface area contributed by atoms with Gasteiger partial charge in [-0.3, -0.25) is 14.9 Å². The number of nitrogens with one attached hydrogen (secondary N) is 3. The van der Waals surface area contributed by atoms with Gasteiger partial charge in [0.05, 0.1) is 6.26 Å². The number of hydrogen-bond acceptors (Lipinski definition) is 5. The predicted molar refractivity (Wildman–Crippen MR) is 69.8 cm³/mol. The van der Waals surface area contributed by atoms with E-state index in [-0.39, 0.29) is 23.5 Å². The number of H-pyrrole nitrogens is 1. The van der Waals surface area contributed by atoms with Gasteiger partial charge < -0.3 is 9.73 Å². The first-order chi connectivity index (χ1) is 9.58. The van der Waals surface area contributed by atoms with Gasteiger partial charge in [-0.05, 0) is 18.1 Å². The van der Waals surface area contributed by atoms with Crippen LogP contribution in [0.5, 0.6) is 0 Å². The zero-order valence-corrected chi connectivity index (χ0v) is 11.1. The Kier molecular flexibility index (Phi) is 4.14. The molecule has 20 heavy (non-hydrogen) atoms. The Labute approximate surface area is 115 Å². The van der Waals surface area contributed by atoms with Crippen LogP contribution < -0.4 is 10.6 Å². The summed E-state index contributed by atoms with van der Waals surface area (Å²) in [6.45, 7) is 3.65. The van der Waals surface area contributed by atoms with E-state index >= 15 is 0 Å². The molecule has 2 aromatic heterocycles.